The van der Waals surface area contributed by atoms with Crippen molar-refractivity contribution < 1.29 is 9.90 Å². The number of hydrogen-bond acceptors (Lipinski definition) is 3. The molecule has 0 atom stereocenters. The Morgan fingerprint density at radius 2 is 2.21 bits per heavy atom. The number of hydrogen-bond donors (Lipinski definition) is 1. The molecule has 0 aliphatic rings. The summed E-state index contributed by atoms with van der Waals surface area (Å²) in [7, 11) is 0. The summed E-state index contributed by atoms with van der Waals surface area (Å²) in [6.07, 6.45) is 0.743. The van der Waals surface area contributed by atoms with E-state index >= 15 is 0 Å². The Morgan fingerprint density at radius 1 is 1.43 bits per heavy atom. The van der Waals surface area contributed by atoms with Crippen molar-refractivity contribution >= 4 is 28.4 Å². The summed E-state index contributed by atoms with van der Waals surface area (Å²) in [5, 5.41) is 9.65. The van der Waals surface area contributed by atoms with Gasteiger partial charge in [-0.1, -0.05) is 18.2 Å². The van der Waals surface area contributed by atoms with Crippen molar-refractivity contribution in [1.82, 2.24) is 4.37 Å². The number of carbonyl (C=O) groups is 1. The van der Waals surface area contributed by atoms with E-state index in [4.69, 9.17) is 5.11 Å². The van der Waals surface area contributed by atoms with Crippen LogP contribution in [0, 0.1) is 0 Å². The molecule has 1 N–H and O–H groups in total. The molecule has 2 aromatic rings. The van der Waals surface area contributed by atoms with E-state index in [1.807, 2.05) is 24.3 Å². The van der Waals surface area contributed by atoms with E-state index in [1.54, 1.807) is 0 Å². The average molecular weight is 207 g/mol. The largest absolute Gasteiger partial charge is 0.481 e. The van der Waals surface area contributed by atoms with Crippen LogP contribution in [-0.4, -0.2) is 15.4 Å². The van der Waals surface area contributed by atoms with Gasteiger partial charge in [0.15, 0.2) is 0 Å². The molecule has 72 valence electrons. The third-order valence-electron chi connectivity index (χ3n) is 2.02. The van der Waals surface area contributed by atoms with Crippen LogP contribution in [0.1, 0.15) is 11.3 Å². The topological polar surface area (TPSA) is 50.2 Å². The van der Waals surface area contributed by atoms with E-state index in [-0.39, 0.29) is 6.42 Å². The van der Waals surface area contributed by atoms with Gasteiger partial charge in [-0.2, -0.15) is 4.37 Å². The zero-order valence-electron chi connectivity index (χ0n) is 7.43. The van der Waals surface area contributed by atoms with E-state index < -0.39 is 5.97 Å². The number of aryl methyl sites for hydroxylation is 1. The number of fused-ring (bicyclic) bond motifs is 1. The van der Waals surface area contributed by atoms with Crippen molar-refractivity contribution in [3.8, 4) is 0 Å². The van der Waals surface area contributed by atoms with Crippen molar-refractivity contribution in [1.29, 1.82) is 0 Å². The Bertz CT molecular complexity index is 464. The molecule has 0 aliphatic heterocycles. The van der Waals surface area contributed by atoms with Crippen LogP contribution in [-0.2, 0) is 11.2 Å². The van der Waals surface area contributed by atoms with E-state index in [0.29, 0.717) is 6.42 Å². The minimum absolute atomic E-state index is 0.173. The first-order chi connectivity index (χ1) is 6.77. The van der Waals surface area contributed by atoms with Crippen LogP contribution in [0.5, 0.6) is 0 Å². The first kappa shape index (κ1) is 9.15. The molecule has 1 aromatic carbocycles. The maximum atomic E-state index is 10.4. The van der Waals surface area contributed by atoms with Crippen molar-refractivity contribution in [3.05, 3.63) is 29.1 Å². The number of benzene rings is 1. The van der Waals surface area contributed by atoms with E-state index in [9.17, 15) is 4.79 Å². The number of aromatic nitrogens is 1. The summed E-state index contributed by atoms with van der Waals surface area (Å²) in [6, 6.07) is 7.80. The van der Waals surface area contributed by atoms with Crippen molar-refractivity contribution in [2.75, 3.05) is 0 Å². The highest BCUT2D eigenvalue weighted by atomic mass is 32.1. The lowest BCUT2D eigenvalue weighted by Crippen LogP contribution is -1.95. The molecule has 4 heteroatoms. The minimum atomic E-state index is -0.762. The van der Waals surface area contributed by atoms with Gasteiger partial charge in [-0.05, 0) is 24.0 Å². The summed E-state index contributed by atoms with van der Waals surface area (Å²) < 4.78 is 4.25. The van der Waals surface area contributed by atoms with E-state index in [0.717, 1.165) is 15.8 Å². The SMILES string of the molecule is O=C(O)CCc1snc2ccccc12. The fourth-order valence-corrected chi connectivity index (χ4v) is 2.18. The van der Waals surface area contributed by atoms with Gasteiger partial charge in [0.1, 0.15) is 0 Å². The molecule has 14 heavy (non-hydrogen) atoms. The molecular formula is C10H9NO2S. The van der Waals surface area contributed by atoms with Crippen molar-refractivity contribution in [2.45, 2.75) is 12.8 Å². The quantitative estimate of drug-likeness (QED) is 0.840. The summed E-state index contributed by atoms with van der Waals surface area (Å²) >= 11 is 1.39. The van der Waals surface area contributed by atoms with Crippen LogP contribution in [0.4, 0.5) is 0 Å². The van der Waals surface area contributed by atoms with E-state index in [2.05, 4.69) is 4.37 Å². The third-order valence-corrected chi connectivity index (χ3v) is 2.96. The van der Waals surface area contributed by atoms with Crippen molar-refractivity contribution in [2.24, 2.45) is 0 Å². The Kier molecular flexibility index (Phi) is 2.45. The van der Waals surface area contributed by atoms with Gasteiger partial charge in [-0.3, -0.25) is 4.79 Å². The summed E-state index contributed by atoms with van der Waals surface area (Å²) in [4.78, 5) is 11.5. The van der Waals surface area contributed by atoms with Gasteiger partial charge >= 0.3 is 5.97 Å². The second-order valence-electron chi connectivity index (χ2n) is 3.02. The molecule has 0 unspecified atom stereocenters. The van der Waals surface area contributed by atoms with Gasteiger partial charge in [-0.15, -0.1) is 0 Å². The van der Waals surface area contributed by atoms with E-state index in [1.165, 1.54) is 11.5 Å². The van der Waals surface area contributed by atoms with Gasteiger partial charge in [0.2, 0.25) is 0 Å². The Labute approximate surface area is 85.2 Å². The fourth-order valence-electron chi connectivity index (χ4n) is 1.34. The molecule has 0 amide bonds. The molecule has 0 fully saturated rings. The van der Waals surface area contributed by atoms with Crippen LogP contribution in [0.3, 0.4) is 0 Å². The first-order valence-corrected chi connectivity index (χ1v) is 5.10. The minimum Gasteiger partial charge on any atom is -0.481 e. The monoisotopic (exact) mass is 207 g/mol. The molecule has 0 spiro atoms. The molecule has 1 aromatic heterocycles. The molecule has 0 saturated heterocycles. The predicted molar refractivity (Wildman–Crippen MR) is 55.6 cm³/mol. The van der Waals surface area contributed by atoms with Gasteiger partial charge in [0, 0.05) is 10.3 Å². The van der Waals surface area contributed by atoms with Crippen LogP contribution in [0.2, 0.25) is 0 Å². The first-order valence-electron chi connectivity index (χ1n) is 4.32. The average Bonchev–Trinajstić information content (AvgIpc) is 2.58. The zero-order valence-corrected chi connectivity index (χ0v) is 8.25. The predicted octanol–water partition coefficient (Wildman–Crippen LogP) is 2.31. The highest BCUT2D eigenvalue weighted by molar-refractivity contribution is 7.07. The Hall–Kier alpha value is -1.42. The van der Waals surface area contributed by atoms with Gasteiger partial charge in [0.25, 0.3) is 0 Å². The van der Waals surface area contributed by atoms with Crippen molar-refractivity contribution in [3.63, 3.8) is 0 Å². The van der Waals surface area contributed by atoms with Crippen LogP contribution in [0.15, 0.2) is 24.3 Å². The Balaban J connectivity index is 2.29. The summed E-state index contributed by atoms with van der Waals surface area (Å²) in [6.45, 7) is 0. The molecular weight excluding hydrogens is 198 g/mol. The molecule has 0 bridgehead atoms. The maximum Gasteiger partial charge on any atom is 0.303 e. The van der Waals surface area contributed by atoms with Crippen LogP contribution >= 0.6 is 11.5 Å². The number of aliphatic carboxylic acids is 1. The summed E-state index contributed by atoms with van der Waals surface area (Å²) in [5.41, 5.74) is 0.956. The zero-order chi connectivity index (χ0) is 9.97. The Morgan fingerprint density at radius 3 is 3.00 bits per heavy atom. The maximum absolute atomic E-state index is 10.4. The number of nitrogens with zero attached hydrogens (tertiary/aromatic N) is 1. The molecule has 0 aliphatic carbocycles. The molecule has 0 saturated carbocycles. The second kappa shape index (κ2) is 3.75. The van der Waals surface area contributed by atoms with Crippen LogP contribution < -0.4 is 0 Å². The third kappa shape index (κ3) is 1.75. The number of rotatable bonds is 3. The van der Waals surface area contributed by atoms with Crippen LogP contribution in [0.25, 0.3) is 10.9 Å². The van der Waals surface area contributed by atoms with Gasteiger partial charge in [-0.25, -0.2) is 0 Å². The lowest BCUT2D eigenvalue weighted by Gasteiger charge is -1.93. The van der Waals surface area contributed by atoms with Gasteiger partial charge < -0.3 is 5.11 Å². The standard InChI is InChI=1S/C10H9NO2S/c12-10(13)6-5-9-7-3-1-2-4-8(7)11-14-9/h1-4H,5-6H2,(H,12,13). The lowest BCUT2D eigenvalue weighted by molar-refractivity contribution is -0.136. The smallest absolute Gasteiger partial charge is 0.303 e. The fraction of sp³-hybridized carbons (Fsp3) is 0.200. The molecule has 3 nitrogen and oxygen atoms in total. The number of carboxylic acids is 1. The summed E-state index contributed by atoms with van der Waals surface area (Å²) in [5.74, 6) is -0.762. The lowest BCUT2D eigenvalue weighted by atomic mass is 10.1. The van der Waals surface area contributed by atoms with Gasteiger partial charge in [0.05, 0.1) is 11.9 Å². The number of carboxylic acid groups (broad SMARTS) is 1. The highest BCUT2D eigenvalue weighted by Crippen LogP contribution is 2.22. The normalized spacial score (nSPS) is 10.6. The molecule has 2 rings (SSSR count). The molecule has 1 heterocycles. The highest BCUT2D eigenvalue weighted by Gasteiger charge is 2.06. The second-order valence-corrected chi connectivity index (χ2v) is 3.87. The molecule has 0 radical (unpaired) electrons.